The summed E-state index contributed by atoms with van der Waals surface area (Å²) in [6, 6.07) is 0. The van der Waals surface area contributed by atoms with E-state index in [9.17, 15) is 5.11 Å². The second kappa shape index (κ2) is 7.42. The quantitative estimate of drug-likeness (QED) is 0.345. The van der Waals surface area contributed by atoms with Gasteiger partial charge < -0.3 is 14.6 Å². The lowest BCUT2D eigenvalue weighted by Gasteiger charge is -2.73. The molecule has 0 aromatic rings. The molecule has 0 unspecified atom stereocenters. The smallest absolute Gasteiger partial charge is 0.163 e. The molecule has 3 heteroatoms. The van der Waals surface area contributed by atoms with Crippen LogP contribution in [0.25, 0.3) is 0 Å². The van der Waals surface area contributed by atoms with Crippen LogP contribution in [-0.2, 0) is 9.47 Å². The number of hydrogen-bond acceptors (Lipinski definition) is 3. The molecule has 36 heavy (non-hydrogen) atoms. The minimum atomic E-state index is -0.556. The summed E-state index contributed by atoms with van der Waals surface area (Å²) in [4.78, 5) is 0. The molecule has 1 saturated heterocycles. The maximum Gasteiger partial charge on any atom is 0.163 e. The van der Waals surface area contributed by atoms with E-state index in [2.05, 4.69) is 54.5 Å². The van der Waals surface area contributed by atoms with Crippen molar-refractivity contribution >= 4 is 0 Å². The van der Waals surface area contributed by atoms with Crippen molar-refractivity contribution in [2.75, 3.05) is 6.61 Å². The van der Waals surface area contributed by atoms with Crippen LogP contribution in [0.3, 0.4) is 0 Å². The maximum atomic E-state index is 12.0. The topological polar surface area (TPSA) is 38.7 Å². The zero-order valence-electron chi connectivity index (χ0n) is 24.8. The number of aliphatic hydroxyl groups is 1. The van der Waals surface area contributed by atoms with Crippen LogP contribution in [0.15, 0.2) is 11.6 Å². The van der Waals surface area contributed by atoms with Crippen molar-refractivity contribution in [1.82, 2.24) is 0 Å². The Morgan fingerprint density at radius 3 is 2.28 bits per heavy atom. The molecule has 0 aromatic heterocycles. The maximum absolute atomic E-state index is 12.0. The summed E-state index contributed by atoms with van der Waals surface area (Å²) in [5.74, 6) is 1.10. The van der Waals surface area contributed by atoms with Crippen molar-refractivity contribution in [3.8, 4) is 0 Å². The van der Waals surface area contributed by atoms with Crippen LogP contribution >= 0.6 is 0 Å². The molecule has 204 valence electrons. The van der Waals surface area contributed by atoms with Gasteiger partial charge in [0.1, 0.15) is 0 Å². The number of rotatable bonds is 0. The Kier molecular flexibility index (Phi) is 5.33. The molecule has 1 heterocycles. The van der Waals surface area contributed by atoms with E-state index >= 15 is 0 Å². The molecular formula is C33H54O3. The van der Waals surface area contributed by atoms with Gasteiger partial charge in [0.15, 0.2) is 5.79 Å². The zero-order valence-corrected chi connectivity index (χ0v) is 24.8. The van der Waals surface area contributed by atoms with Gasteiger partial charge in [-0.05, 0) is 105 Å². The van der Waals surface area contributed by atoms with E-state index in [1.54, 1.807) is 0 Å². The Labute approximate surface area is 221 Å². The second-order valence-corrected chi connectivity index (χ2v) is 16.8. The highest BCUT2D eigenvalue weighted by Crippen LogP contribution is 2.76. The highest BCUT2D eigenvalue weighted by Gasteiger charge is 2.71. The molecule has 5 fully saturated rings. The molecule has 4 saturated carbocycles. The predicted molar refractivity (Wildman–Crippen MR) is 145 cm³/mol. The largest absolute Gasteiger partial charge is 0.392 e. The van der Waals surface area contributed by atoms with Crippen LogP contribution in [-0.4, -0.2) is 29.7 Å². The molecule has 6 aliphatic rings. The van der Waals surface area contributed by atoms with Gasteiger partial charge in [-0.2, -0.15) is 0 Å². The van der Waals surface area contributed by atoms with E-state index in [4.69, 9.17) is 9.47 Å². The SMILES string of the molecule is CC1(C)CC[C@]2(C)CC[C@]3(C)C(=CC[C@@H]4[C@@]5(C)[C@H](O)C[C@@H]6OC(C)(C)OC[C@@]6(C)[C@@H]5CC[C@]43C)[C@@H]2C1. The van der Waals surface area contributed by atoms with Crippen LogP contribution in [0, 0.1) is 50.2 Å². The van der Waals surface area contributed by atoms with E-state index in [1.807, 2.05) is 19.4 Å². The summed E-state index contributed by atoms with van der Waals surface area (Å²) in [5, 5.41) is 12.0. The first-order valence-corrected chi connectivity index (χ1v) is 15.2. The van der Waals surface area contributed by atoms with E-state index < -0.39 is 5.79 Å². The van der Waals surface area contributed by atoms with E-state index in [-0.39, 0.29) is 33.9 Å². The molecule has 1 aliphatic heterocycles. The molecule has 6 rings (SSSR count). The third-order valence-corrected chi connectivity index (χ3v) is 14.1. The summed E-state index contributed by atoms with van der Waals surface area (Å²) >= 11 is 0. The summed E-state index contributed by atoms with van der Waals surface area (Å²) in [5.41, 5.74) is 3.05. The van der Waals surface area contributed by atoms with Crippen LogP contribution in [0.1, 0.15) is 120 Å². The molecule has 0 spiro atoms. The van der Waals surface area contributed by atoms with Crippen LogP contribution in [0.4, 0.5) is 0 Å². The summed E-state index contributed by atoms with van der Waals surface area (Å²) in [7, 11) is 0. The third-order valence-electron chi connectivity index (χ3n) is 14.1. The lowest BCUT2D eigenvalue weighted by molar-refractivity contribution is -0.363. The number of fused-ring (bicyclic) bond motifs is 9. The van der Waals surface area contributed by atoms with Crippen molar-refractivity contribution in [1.29, 1.82) is 0 Å². The average molecular weight is 499 g/mol. The van der Waals surface area contributed by atoms with Crippen molar-refractivity contribution in [3.05, 3.63) is 11.6 Å². The Bertz CT molecular complexity index is 966. The fourth-order valence-electron chi connectivity index (χ4n) is 11.3. The van der Waals surface area contributed by atoms with Gasteiger partial charge in [-0.3, -0.25) is 0 Å². The van der Waals surface area contributed by atoms with Gasteiger partial charge in [0.05, 0.1) is 18.8 Å². The van der Waals surface area contributed by atoms with Crippen LogP contribution in [0.2, 0.25) is 0 Å². The first-order chi connectivity index (χ1) is 16.5. The van der Waals surface area contributed by atoms with Gasteiger partial charge in [0.25, 0.3) is 0 Å². The minimum absolute atomic E-state index is 0.0335. The Balaban J connectivity index is 1.40. The molecule has 0 aromatic carbocycles. The molecule has 5 aliphatic carbocycles. The summed E-state index contributed by atoms with van der Waals surface area (Å²) in [6.07, 6.45) is 13.6. The number of allylic oxidation sites excluding steroid dienone is 2. The molecule has 10 atom stereocenters. The van der Waals surface area contributed by atoms with Crippen LogP contribution < -0.4 is 0 Å². The standard InChI is InChI=1S/C33H54O3/c1-27(2)14-15-29(5)16-17-31(7)21(22(29)19-27)10-11-24-32(31,8)13-12-23-30(6)20-35-28(3,4)36-26(30)18-25(34)33(23,24)9/h10,22-26,34H,11-20H2,1-9H3/t22-,23-,24-,25+,26-,29+,30-,31+,32+,33-/m0/s1. The molecule has 0 bridgehead atoms. The Hall–Kier alpha value is -0.380. The van der Waals surface area contributed by atoms with Crippen molar-refractivity contribution < 1.29 is 14.6 Å². The van der Waals surface area contributed by atoms with E-state index in [0.29, 0.717) is 22.7 Å². The van der Waals surface area contributed by atoms with E-state index in [0.717, 1.165) is 25.4 Å². The summed E-state index contributed by atoms with van der Waals surface area (Å²) < 4.78 is 12.8. The first kappa shape index (κ1) is 25.9. The predicted octanol–water partition coefficient (Wildman–Crippen LogP) is 7.91. The van der Waals surface area contributed by atoms with Gasteiger partial charge >= 0.3 is 0 Å². The number of aliphatic hydroxyl groups excluding tert-OH is 1. The van der Waals surface area contributed by atoms with Crippen molar-refractivity contribution in [2.24, 2.45) is 50.2 Å². The fraction of sp³-hybridized carbons (Fsp3) is 0.939. The van der Waals surface area contributed by atoms with Gasteiger partial charge in [0.2, 0.25) is 0 Å². The molecule has 1 N–H and O–H groups in total. The van der Waals surface area contributed by atoms with Crippen molar-refractivity contribution in [3.63, 3.8) is 0 Å². The monoisotopic (exact) mass is 498 g/mol. The Morgan fingerprint density at radius 1 is 0.861 bits per heavy atom. The lowest BCUT2D eigenvalue weighted by atomic mass is 9.33. The molecule has 0 radical (unpaired) electrons. The number of hydrogen-bond donors (Lipinski definition) is 1. The molecular weight excluding hydrogens is 444 g/mol. The molecule has 0 amide bonds. The second-order valence-electron chi connectivity index (χ2n) is 16.8. The van der Waals surface area contributed by atoms with Gasteiger partial charge in [0, 0.05) is 17.3 Å². The summed E-state index contributed by atoms with van der Waals surface area (Å²) in [6.45, 7) is 22.6. The highest BCUT2D eigenvalue weighted by atomic mass is 16.7. The van der Waals surface area contributed by atoms with Crippen molar-refractivity contribution in [2.45, 2.75) is 138 Å². The van der Waals surface area contributed by atoms with E-state index in [1.165, 1.54) is 44.9 Å². The van der Waals surface area contributed by atoms with Gasteiger partial charge in [-0.25, -0.2) is 0 Å². The number of ether oxygens (including phenoxy) is 2. The van der Waals surface area contributed by atoms with Gasteiger partial charge in [-0.15, -0.1) is 0 Å². The third kappa shape index (κ3) is 3.15. The minimum Gasteiger partial charge on any atom is -0.392 e. The highest BCUT2D eigenvalue weighted by molar-refractivity contribution is 5.34. The van der Waals surface area contributed by atoms with Gasteiger partial charge in [-0.1, -0.05) is 60.1 Å². The molecule has 3 nitrogen and oxygen atoms in total. The fourth-order valence-corrected chi connectivity index (χ4v) is 11.3. The zero-order chi connectivity index (χ0) is 26.2. The van der Waals surface area contributed by atoms with Crippen LogP contribution in [0.5, 0.6) is 0 Å². The normalized spacial score (nSPS) is 57.3. The lowest BCUT2D eigenvalue weighted by Crippen LogP contribution is -2.71. The average Bonchev–Trinajstić information content (AvgIpc) is 2.77. The Morgan fingerprint density at radius 2 is 1.56 bits per heavy atom. The first-order valence-electron chi connectivity index (χ1n) is 15.2.